The van der Waals surface area contributed by atoms with Gasteiger partial charge in [0.15, 0.2) is 5.78 Å². The van der Waals surface area contributed by atoms with Crippen LogP contribution in [0.4, 0.5) is 0 Å². The first-order chi connectivity index (χ1) is 17.6. The molecule has 1 aliphatic carbocycles. The number of hydrogen-bond donors (Lipinski definition) is 1. The molecule has 0 spiro atoms. The van der Waals surface area contributed by atoms with Crippen LogP contribution in [-0.4, -0.2) is 18.8 Å². The maximum absolute atomic E-state index is 13.5. The summed E-state index contributed by atoms with van der Waals surface area (Å²) in [6, 6.07) is 28.0. The maximum Gasteiger partial charge on any atom is 0.261 e. The Bertz CT molecular complexity index is 1350. The topological polar surface area (TPSA) is 55.4 Å². The van der Waals surface area contributed by atoms with Crippen molar-refractivity contribution in [3.05, 3.63) is 118 Å². The van der Waals surface area contributed by atoms with Crippen molar-refractivity contribution in [2.24, 2.45) is 0 Å². The first-order valence-corrected chi connectivity index (χ1v) is 13.7. The van der Waals surface area contributed by atoms with Crippen LogP contribution in [0, 0.1) is 0 Å². The fourth-order valence-electron chi connectivity index (χ4n) is 4.54. The lowest BCUT2D eigenvalue weighted by atomic mass is 9.80. The lowest BCUT2D eigenvalue weighted by Gasteiger charge is -2.23. The van der Waals surface area contributed by atoms with Gasteiger partial charge in [0.2, 0.25) is 0 Å². The summed E-state index contributed by atoms with van der Waals surface area (Å²) < 4.78 is 6.24. The maximum atomic E-state index is 13.5. The van der Waals surface area contributed by atoms with Crippen molar-refractivity contribution in [2.45, 2.75) is 35.3 Å². The molecule has 182 valence electrons. The molecular weight excluding hydrogens is 486 g/mol. The third-order valence-electron chi connectivity index (χ3n) is 6.44. The molecule has 0 aliphatic heterocycles. The van der Waals surface area contributed by atoms with Gasteiger partial charge in [-0.25, -0.2) is 0 Å². The highest BCUT2D eigenvalue weighted by Gasteiger charge is 2.34. The second kappa shape index (κ2) is 11.1. The summed E-state index contributed by atoms with van der Waals surface area (Å²) in [5.74, 6) is 1.59. The van der Waals surface area contributed by atoms with E-state index in [0.717, 1.165) is 38.0 Å². The zero-order chi connectivity index (χ0) is 24.9. The normalized spacial score (nSPS) is 14.8. The Morgan fingerprint density at radius 1 is 0.944 bits per heavy atom. The van der Waals surface area contributed by atoms with Crippen LogP contribution < -0.4 is 10.1 Å². The van der Waals surface area contributed by atoms with Gasteiger partial charge in [-0.05, 0) is 46.7 Å². The fraction of sp³-hybridized carbons (Fsp3) is 0.200. The third-order valence-corrected chi connectivity index (χ3v) is 9.01. The van der Waals surface area contributed by atoms with Gasteiger partial charge >= 0.3 is 0 Å². The number of nitrogens with one attached hydrogen (secondary N) is 1. The summed E-state index contributed by atoms with van der Waals surface area (Å²) in [5, 5.41) is 3.07. The average molecular weight is 514 g/mol. The average Bonchev–Trinajstić information content (AvgIpc) is 3.31. The van der Waals surface area contributed by atoms with E-state index >= 15 is 0 Å². The summed E-state index contributed by atoms with van der Waals surface area (Å²) in [7, 11) is 1.64. The first kappa shape index (κ1) is 24.3. The number of Topliss-reactive ketones (excluding diaryl/α,β-unsaturated/α-hetero) is 1. The number of hydrogen-bond acceptors (Lipinski definition) is 5. The summed E-state index contributed by atoms with van der Waals surface area (Å²) in [4.78, 5) is 27.5. The Morgan fingerprint density at radius 2 is 1.61 bits per heavy atom. The van der Waals surface area contributed by atoms with Crippen molar-refractivity contribution < 1.29 is 14.3 Å². The number of ether oxygens (including phenoxy) is 1. The van der Waals surface area contributed by atoms with Crippen molar-refractivity contribution in [3.63, 3.8) is 0 Å². The van der Waals surface area contributed by atoms with Crippen LogP contribution in [0.1, 0.15) is 54.6 Å². The van der Waals surface area contributed by atoms with Crippen molar-refractivity contribution in [1.29, 1.82) is 0 Å². The number of thiophene rings is 1. The summed E-state index contributed by atoms with van der Waals surface area (Å²) in [6.45, 7) is 0.453. The zero-order valence-electron chi connectivity index (χ0n) is 20.0. The molecule has 0 saturated heterocycles. The molecule has 36 heavy (non-hydrogen) atoms. The van der Waals surface area contributed by atoms with Crippen LogP contribution in [0.3, 0.4) is 0 Å². The Labute approximate surface area is 219 Å². The molecule has 1 atom stereocenters. The van der Waals surface area contributed by atoms with Crippen LogP contribution in [-0.2, 0) is 18.7 Å². The smallest absolute Gasteiger partial charge is 0.261 e. The highest BCUT2D eigenvalue weighted by molar-refractivity contribution is 8.00. The molecule has 5 rings (SSSR count). The molecule has 0 saturated carbocycles. The molecule has 4 aromatic rings. The SMILES string of the molecule is COc1ccc([C@@H]2CC(=O)c3c(SCc4ccccc4)sc(C(=O)NCc4ccccc4)c3C2)cc1. The molecule has 4 nitrogen and oxygen atoms in total. The molecule has 1 heterocycles. The van der Waals surface area contributed by atoms with Crippen LogP contribution in [0.25, 0.3) is 0 Å². The van der Waals surface area contributed by atoms with E-state index in [1.54, 1.807) is 18.9 Å². The molecular formula is C30H27NO3S2. The number of fused-ring (bicyclic) bond motifs is 1. The predicted octanol–water partition coefficient (Wildman–Crippen LogP) is 6.89. The zero-order valence-corrected chi connectivity index (χ0v) is 21.7. The number of methoxy groups -OCH3 is 1. The van der Waals surface area contributed by atoms with Crippen molar-refractivity contribution in [3.8, 4) is 5.75 Å². The van der Waals surface area contributed by atoms with Gasteiger partial charge in [0.05, 0.1) is 16.2 Å². The van der Waals surface area contributed by atoms with Crippen LogP contribution in [0.5, 0.6) is 5.75 Å². The van der Waals surface area contributed by atoms with E-state index in [-0.39, 0.29) is 17.6 Å². The van der Waals surface area contributed by atoms with E-state index in [0.29, 0.717) is 24.3 Å². The highest BCUT2D eigenvalue weighted by atomic mass is 32.2. The van der Waals surface area contributed by atoms with E-state index in [4.69, 9.17) is 4.74 Å². The van der Waals surface area contributed by atoms with Gasteiger partial charge in [0.1, 0.15) is 5.75 Å². The standard InChI is InChI=1S/C30H27NO3S2/c1-34-24-14-12-22(13-15-24)23-16-25-27(26(32)17-23)30(35-19-21-10-6-3-7-11-21)36-28(25)29(33)31-18-20-8-4-2-5-9-20/h2-15,23H,16-19H2,1H3,(H,31,33)/t23-/m0/s1. The van der Waals surface area contributed by atoms with E-state index in [1.807, 2.05) is 72.8 Å². The van der Waals surface area contributed by atoms with Crippen molar-refractivity contribution >= 4 is 34.8 Å². The Morgan fingerprint density at radius 3 is 2.28 bits per heavy atom. The molecule has 1 N–H and O–H groups in total. The van der Waals surface area contributed by atoms with Gasteiger partial charge in [-0.1, -0.05) is 72.8 Å². The molecule has 3 aromatic carbocycles. The molecule has 1 amide bonds. The van der Waals surface area contributed by atoms with E-state index in [9.17, 15) is 9.59 Å². The number of carbonyl (C=O) groups is 2. The summed E-state index contributed by atoms with van der Waals surface area (Å²) in [5.41, 5.74) is 4.96. The molecule has 6 heteroatoms. The minimum absolute atomic E-state index is 0.0400. The number of ketones is 1. The number of thioether (sulfide) groups is 1. The molecule has 1 aliphatic rings. The van der Waals surface area contributed by atoms with Crippen LogP contribution >= 0.6 is 23.1 Å². The Balaban J connectivity index is 1.44. The summed E-state index contributed by atoms with van der Waals surface area (Å²) in [6.07, 6.45) is 1.12. The quantitative estimate of drug-likeness (QED) is 0.261. The van der Waals surface area contributed by atoms with E-state index < -0.39 is 0 Å². The predicted molar refractivity (Wildman–Crippen MR) is 146 cm³/mol. The van der Waals surface area contributed by atoms with Gasteiger partial charge < -0.3 is 10.1 Å². The van der Waals surface area contributed by atoms with Gasteiger partial charge in [0, 0.05) is 24.3 Å². The van der Waals surface area contributed by atoms with E-state index in [2.05, 4.69) is 17.4 Å². The third kappa shape index (κ3) is 5.40. The van der Waals surface area contributed by atoms with Gasteiger partial charge in [-0.3, -0.25) is 9.59 Å². The number of rotatable bonds is 8. The van der Waals surface area contributed by atoms with Crippen molar-refractivity contribution in [2.75, 3.05) is 7.11 Å². The first-order valence-electron chi connectivity index (χ1n) is 11.9. The highest BCUT2D eigenvalue weighted by Crippen LogP contribution is 2.44. The van der Waals surface area contributed by atoms with Crippen LogP contribution in [0.15, 0.2) is 89.1 Å². The molecule has 0 radical (unpaired) electrons. The number of amides is 1. The van der Waals surface area contributed by atoms with E-state index in [1.165, 1.54) is 16.9 Å². The van der Waals surface area contributed by atoms with Gasteiger partial charge in [-0.15, -0.1) is 23.1 Å². The fourth-order valence-corrected chi connectivity index (χ4v) is 7.07. The van der Waals surface area contributed by atoms with Gasteiger partial charge in [-0.2, -0.15) is 0 Å². The lowest BCUT2D eigenvalue weighted by Crippen LogP contribution is -2.25. The van der Waals surface area contributed by atoms with Crippen LogP contribution in [0.2, 0.25) is 0 Å². The largest absolute Gasteiger partial charge is 0.497 e. The molecule has 0 fully saturated rings. The molecule has 0 unspecified atom stereocenters. The second-order valence-corrected chi connectivity index (χ2v) is 11.1. The lowest BCUT2D eigenvalue weighted by molar-refractivity contribution is 0.0953. The Hall–Kier alpha value is -3.35. The summed E-state index contributed by atoms with van der Waals surface area (Å²) >= 11 is 3.10. The minimum atomic E-state index is -0.116. The molecule has 0 bridgehead atoms. The molecule has 1 aromatic heterocycles. The minimum Gasteiger partial charge on any atom is -0.497 e. The van der Waals surface area contributed by atoms with Crippen molar-refractivity contribution in [1.82, 2.24) is 5.32 Å². The monoisotopic (exact) mass is 513 g/mol. The van der Waals surface area contributed by atoms with Gasteiger partial charge in [0.25, 0.3) is 5.91 Å². The second-order valence-electron chi connectivity index (χ2n) is 8.82. The Kier molecular flexibility index (Phi) is 7.54. The number of benzene rings is 3. The number of carbonyl (C=O) groups excluding carboxylic acids is 2.